The zero-order valence-electron chi connectivity index (χ0n) is 37.8. The van der Waals surface area contributed by atoms with Crippen molar-refractivity contribution in [2.24, 2.45) is 11.8 Å². The molecule has 24 nitrogen and oxygen atoms in total. The Morgan fingerprint density at radius 2 is 1.07 bits per heavy atom. The summed E-state index contributed by atoms with van der Waals surface area (Å²) in [6.45, 7) is 0. The Morgan fingerprint density at radius 3 is 1.45 bits per heavy atom. The number of sulfone groups is 2. The number of aromatic amines is 2. The third kappa shape index (κ3) is 11.6. The molecule has 2 aliphatic carbocycles. The second-order valence-electron chi connectivity index (χ2n) is 16.1. The van der Waals surface area contributed by atoms with E-state index in [4.69, 9.17) is 4.74 Å². The lowest BCUT2D eigenvalue weighted by atomic mass is 9.94. The lowest BCUT2D eigenvalue weighted by Gasteiger charge is -2.18. The van der Waals surface area contributed by atoms with Crippen molar-refractivity contribution in [3.8, 4) is 5.75 Å². The molecule has 0 aliphatic heterocycles. The number of imidazole rings is 2. The molecule has 8 rings (SSSR count). The summed E-state index contributed by atoms with van der Waals surface area (Å²) in [5.41, 5.74) is 0.489. The zero-order chi connectivity index (χ0) is 51.2. The van der Waals surface area contributed by atoms with E-state index in [1.54, 1.807) is 30.3 Å². The number of urea groups is 2. The lowest BCUT2D eigenvalue weighted by molar-refractivity contribution is 0.0677. The highest BCUT2D eigenvalue weighted by Gasteiger charge is 2.34. The number of aromatic nitrogens is 6. The molecular weight excluding hydrogens is 1010 g/mol. The van der Waals surface area contributed by atoms with Gasteiger partial charge in [-0.05, 0) is 62.1 Å². The van der Waals surface area contributed by atoms with Crippen LogP contribution in [0.4, 0.5) is 36.9 Å². The summed E-state index contributed by atoms with van der Waals surface area (Å²) < 4.78 is 55.1. The van der Waals surface area contributed by atoms with Crippen molar-refractivity contribution in [2.45, 2.75) is 70.1 Å². The van der Waals surface area contributed by atoms with Crippen LogP contribution in [-0.2, 0) is 19.7 Å². The number of anilines is 5. The number of rotatable bonds is 16. The number of H-pyrrole nitrogens is 2. The SMILES string of the molecule is CN(C)c1ccc(NC(=O)Nc2nc(C(=O)O)c(S(=O)(=O)c3ncc[nH]3)s2)c(C(=O)C2CCCC2)c1.COc1ccc(NC(=O)Nc2nc(C(=O)O)c(S(=O)(=O)c3ncc[nH]3)s2)c(C(=O)C2CCCC2)c1. The van der Waals surface area contributed by atoms with Crippen molar-refractivity contribution in [3.63, 3.8) is 0 Å². The molecule has 374 valence electrons. The fourth-order valence-electron chi connectivity index (χ4n) is 7.73. The van der Waals surface area contributed by atoms with Crippen LogP contribution in [-0.4, -0.2) is 114 Å². The second-order valence-corrected chi connectivity index (χ2v) is 22.2. The number of hydrogen-bond donors (Lipinski definition) is 8. The Kier molecular flexibility index (Phi) is 15.6. The summed E-state index contributed by atoms with van der Waals surface area (Å²) in [6, 6.07) is 8.12. The first kappa shape index (κ1) is 51.3. The summed E-state index contributed by atoms with van der Waals surface area (Å²) in [5.74, 6) is -3.12. The molecular formula is C43H45N11O13S4. The van der Waals surface area contributed by atoms with Gasteiger partial charge in [0.05, 0.1) is 18.5 Å². The molecule has 28 heteroatoms. The third-order valence-electron chi connectivity index (χ3n) is 11.2. The number of Topliss-reactive ketones (excluding diaryl/α,β-unsaturated/α-hetero) is 2. The molecule has 2 saturated carbocycles. The van der Waals surface area contributed by atoms with Crippen molar-refractivity contribution < 1.29 is 60.6 Å². The monoisotopic (exact) mass is 1050 g/mol. The summed E-state index contributed by atoms with van der Waals surface area (Å²) in [7, 11) is -3.45. The third-order valence-corrected chi connectivity index (χ3v) is 17.4. The minimum absolute atomic E-state index is 0.0549. The van der Waals surface area contributed by atoms with E-state index in [1.807, 2.05) is 19.0 Å². The number of nitrogens with zero attached hydrogens (tertiary/aromatic N) is 5. The Hall–Kier alpha value is -7.56. The Balaban J connectivity index is 0.000000209. The molecule has 0 radical (unpaired) electrons. The number of carboxylic acid groups (broad SMARTS) is 2. The van der Waals surface area contributed by atoms with Crippen molar-refractivity contribution in [2.75, 3.05) is 47.4 Å². The van der Waals surface area contributed by atoms with Gasteiger partial charge in [-0.3, -0.25) is 20.2 Å². The number of amides is 4. The van der Waals surface area contributed by atoms with Gasteiger partial charge in [0.25, 0.3) is 19.7 Å². The number of benzene rings is 2. The predicted octanol–water partition coefficient (Wildman–Crippen LogP) is 6.90. The lowest BCUT2D eigenvalue weighted by Crippen LogP contribution is -2.22. The summed E-state index contributed by atoms with van der Waals surface area (Å²) >= 11 is 0.954. The molecule has 2 fully saturated rings. The minimum Gasteiger partial charge on any atom is -0.497 e. The maximum Gasteiger partial charge on any atom is 0.356 e. The summed E-state index contributed by atoms with van der Waals surface area (Å²) in [5, 5.41) is 27.4. The van der Waals surface area contributed by atoms with E-state index in [-0.39, 0.29) is 50.6 Å². The van der Waals surface area contributed by atoms with Gasteiger partial charge in [0.15, 0.2) is 41.6 Å². The molecule has 6 aromatic rings. The van der Waals surface area contributed by atoms with Crippen molar-refractivity contribution in [1.29, 1.82) is 0 Å². The zero-order valence-corrected chi connectivity index (χ0v) is 41.1. The largest absolute Gasteiger partial charge is 0.497 e. The van der Waals surface area contributed by atoms with Crippen LogP contribution in [0.1, 0.15) is 93.1 Å². The number of thiazole rings is 2. The number of carboxylic acids is 2. The van der Waals surface area contributed by atoms with E-state index in [1.165, 1.54) is 38.0 Å². The van der Waals surface area contributed by atoms with Gasteiger partial charge in [-0.25, -0.2) is 55.9 Å². The normalized spacial score (nSPS) is 14.0. The highest BCUT2D eigenvalue weighted by molar-refractivity contribution is 7.93. The van der Waals surface area contributed by atoms with E-state index >= 15 is 0 Å². The van der Waals surface area contributed by atoms with Crippen LogP contribution >= 0.6 is 22.7 Å². The van der Waals surface area contributed by atoms with Gasteiger partial charge in [0, 0.05) is 67.5 Å². The first-order chi connectivity index (χ1) is 33.8. The number of methoxy groups -OCH3 is 1. The second kappa shape index (κ2) is 21.6. The quantitative estimate of drug-likeness (QED) is 0.0457. The van der Waals surface area contributed by atoms with Crippen LogP contribution in [0.5, 0.6) is 5.75 Å². The number of carbonyl (C=O) groups is 6. The molecule has 8 N–H and O–H groups in total. The van der Waals surface area contributed by atoms with Crippen molar-refractivity contribution in [3.05, 3.63) is 83.7 Å². The van der Waals surface area contributed by atoms with Gasteiger partial charge < -0.3 is 40.5 Å². The molecule has 0 atom stereocenters. The van der Waals surface area contributed by atoms with Crippen LogP contribution < -0.4 is 30.9 Å². The fourth-order valence-corrected chi connectivity index (χ4v) is 12.9. The molecule has 0 saturated heterocycles. The Bertz CT molecular complexity index is 3210. The van der Waals surface area contributed by atoms with E-state index < -0.39 is 73.8 Å². The van der Waals surface area contributed by atoms with Crippen LogP contribution in [0.25, 0.3) is 0 Å². The van der Waals surface area contributed by atoms with E-state index in [0.717, 1.165) is 57.1 Å². The molecule has 4 heterocycles. The molecule has 2 aliphatic rings. The molecule has 2 aromatic carbocycles. The number of aromatic carboxylic acids is 2. The average molecular weight is 1050 g/mol. The predicted molar refractivity (Wildman–Crippen MR) is 258 cm³/mol. The molecule has 4 amide bonds. The Morgan fingerprint density at radius 1 is 0.648 bits per heavy atom. The smallest absolute Gasteiger partial charge is 0.356 e. The van der Waals surface area contributed by atoms with E-state index in [2.05, 4.69) is 51.2 Å². The highest BCUT2D eigenvalue weighted by atomic mass is 32.2. The topological polar surface area (TPSA) is 355 Å². The van der Waals surface area contributed by atoms with Gasteiger partial charge in [0.1, 0.15) is 5.75 Å². The fraction of sp³-hybridized carbons (Fsp3) is 0.302. The van der Waals surface area contributed by atoms with Crippen LogP contribution in [0, 0.1) is 11.8 Å². The first-order valence-electron chi connectivity index (χ1n) is 21.5. The first-order valence-corrected chi connectivity index (χ1v) is 26.1. The summed E-state index contributed by atoms with van der Waals surface area (Å²) in [4.78, 5) is 96.5. The van der Waals surface area contributed by atoms with Crippen LogP contribution in [0.15, 0.2) is 79.9 Å². The molecule has 0 unspecified atom stereocenters. The van der Waals surface area contributed by atoms with E-state index in [0.29, 0.717) is 34.0 Å². The van der Waals surface area contributed by atoms with Gasteiger partial charge in [-0.1, -0.05) is 48.4 Å². The van der Waals surface area contributed by atoms with Crippen molar-refractivity contribution in [1.82, 2.24) is 29.9 Å². The van der Waals surface area contributed by atoms with Crippen LogP contribution in [0.3, 0.4) is 0 Å². The van der Waals surface area contributed by atoms with Crippen LogP contribution in [0.2, 0.25) is 0 Å². The standard InChI is InChI=1S/C22H24N6O6S2.C21H21N5O7S2/c1-28(2)13-7-8-15(14(11-13)17(29)12-5-3-4-6-12)25-20(32)27-21-26-16(18(30)31)19(35-21)36(33,34)22-23-9-10-24-22;1-33-12-6-7-14(13(10-12)16(27)11-4-2-3-5-11)24-19(30)26-20-25-15(17(28)29)18(34-20)35(31,32)21-22-8-9-23-21/h7-12H,3-6H2,1-2H3,(H,23,24)(H,30,31)(H2,25,26,27,32);6-11H,2-5H2,1H3,(H,22,23)(H,28,29)(H2,24,25,26,30). The number of carbonyl (C=O) groups excluding carboxylic acids is 4. The maximum atomic E-state index is 13.2. The van der Waals surface area contributed by atoms with Gasteiger partial charge in [-0.15, -0.1) is 0 Å². The average Bonchev–Trinajstić information content (AvgIpc) is 4.19. The Labute approximate surface area is 412 Å². The maximum absolute atomic E-state index is 13.2. The summed E-state index contributed by atoms with van der Waals surface area (Å²) in [6.07, 6.45) is 12.0. The van der Waals surface area contributed by atoms with Crippen molar-refractivity contribution >= 4 is 105 Å². The molecule has 0 bridgehead atoms. The van der Waals surface area contributed by atoms with Gasteiger partial charge >= 0.3 is 24.0 Å². The number of ether oxygens (including phenoxy) is 1. The molecule has 0 spiro atoms. The number of nitrogens with one attached hydrogen (secondary N) is 6. The van der Waals surface area contributed by atoms with Gasteiger partial charge in [-0.2, -0.15) is 0 Å². The van der Waals surface area contributed by atoms with Gasteiger partial charge in [0.2, 0.25) is 10.3 Å². The van der Waals surface area contributed by atoms with E-state index in [9.17, 15) is 55.8 Å². The number of hydrogen-bond acceptors (Lipinski definition) is 18. The molecule has 4 aromatic heterocycles. The minimum atomic E-state index is -4.30. The number of ketones is 2. The highest BCUT2D eigenvalue weighted by Crippen LogP contribution is 2.36. The molecule has 71 heavy (non-hydrogen) atoms.